The third-order valence-corrected chi connectivity index (χ3v) is 6.01. The van der Waals surface area contributed by atoms with Gasteiger partial charge in [-0.1, -0.05) is 19.9 Å². The molecular weight excluding hydrogens is 370 g/mol. The molecule has 10 heteroatoms. The Kier molecular flexibility index (Phi) is 6.59. The molecule has 0 amide bonds. The average molecular weight is 391 g/mol. The number of aromatic nitrogens is 1. The van der Waals surface area contributed by atoms with Crippen LogP contribution in [0.4, 0.5) is 11.4 Å². The number of nitro groups is 1. The fourth-order valence-electron chi connectivity index (χ4n) is 2.42. The van der Waals surface area contributed by atoms with Crippen molar-refractivity contribution in [2.24, 2.45) is 5.10 Å². The molecule has 0 saturated carbocycles. The molecule has 0 bridgehead atoms. The van der Waals surface area contributed by atoms with Gasteiger partial charge in [0.05, 0.1) is 16.3 Å². The molecule has 2 rings (SSSR count). The summed E-state index contributed by atoms with van der Waals surface area (Å²) < 4.78 is 27.1. The Morgan fingerprint density at radius 2 is 2.00 bits per heavy atom. The van der Waals surface area contributed by atoms with E-state index < -0.39 is 14.9 Å². The highest BCUT2D eigenvalue weighted by Gasteiger charge is 2.27. The van der Waals surface area contributed by atoms with E-state index in [1.807, 2.05) is 6.07 Å². The summed E-state index contributed by atoms with van der Waals surface area (Å²) in [6.45, 7) is 5.65. The Morgan fingerprint density at radius 1 is 1.30 bits per heavy atom. The highest BCUT2D eigenvalue weighted by Crippen LogP contribution is 2.29. The van der Waals surface area contributed by atoms with Crippen LogP contribution in [0.3, 0.4) is 0 Å². The van der Waals surface area contributed by atoms with E-state index in [4.69, 9.17) is 0 Å². The number of anilines is 1. The SMILES string of the molecule is CCN(CC)S(=O)(=O)c1cc([N+](=O)[O-])ccc1NN=C(C)c1cccnc1. The average Bonchev–Trinajstić information content (AvgIpc) is 2.67. The smallest absolute Gasteiger partial charge is 0.270 e. The summed E-state index contributed by atoms with van der Waals surface area (Å²) in [5.74, 6) is 0. The maximum absolute atomic E-state index is 12.9. The van der Waals surface area contributed by atoms with Crippen molar-refractivity contribution < 1.29 is 13.3 Å². The van der Waals surface area contributed by atoms with Crippen molar-refractivity contribution in [1.29, 1.82) is 0 Å². The first kappa shape index (κ1) is 20.5. The number of pyridine rings is 1. The molecule has 0 saturated heterocycles. The molecule has 0 spiro atoms. The summed E-state index contributed by atoms with van der Waals surface area (Å²) in [5, 5.41) is 15.3. The van der Waals surface area contributed by atoms with Gasteiger partial charge in [-0.05, 0) is 19.1 Å². The summed E-state index contributed by atoms with van der Waals surface area (Å²) >= 11 is 0. The summed E-state index contributed by atoms with van der Waals surface area (Å²) in [6, 6.07) is 7.20. The number of hydrazone groups is 1. The van der Waals surface area contributed by atoms with Gasteiger partial charge in [0, 0.05) is 43.2 Å². The number of hydrogen-bond acceptors (Lipinski definition) is 7. The zero-order chi connectivity index (χ0) is 20.0. The van der Waals surface area contributed by atoms with Gasteiger partial charge in [0.25, 0.3) is 5.69 Å². The van der Waals surface area contributed by atoms with Crippen LogP contribution in [-0.2, 0) is 10.0 Å². The Morgan fingerprint density at radius 3 is 2.56 bits per heavy atom. The molecule has 0 aliphatic carbocycles. The second-order valence-corrected chi connectivity index (χ2v) is 7.48. The van der Waals surface area contributed by atoms with Gasteiger partial charge in [-0.15, -0.1) is 0 Å². The molecule has 0 aliphatic heterocycles. The first-order valence-electron chi connectivity index (χ1n) is 8.30. The van der Waals surface area contributed by atoms with Gasteiger partial charge in [-0.3, -0.25) is 20.5 Å². The molecule has 1 N–H and O–H groups in total. The van der Waals surface area contributed by atoms with E-state index in [1.165, 1.54) is 16.4 Å². The molecule has 27 heavy (non-hydrogen) atoms. The molecule has 1 heterocycles. The van der Waals surface area contributed by atoms with Gasteiger partial charge in [-0.2, -0.15) is 9.41 Å². The normalized spacial score (nSPS) is 12.2. The second kappa shape index (κ2) is 8.69. The van der Waals surface area contributed by atoms with Crippen molar-refractivity contribution in [3.63, 3.8) is 0 Å². The van der Waals surface area contributed by atoms with E-state index in [1.54, 1.807) is 39.2 Å². The number of non-ortho nitro benzene ring substituents is 1. The van der Waals surface area contributed by atoms with Crippen LogP contribution in [0, 0.1) is 10.1 Å². The first-order valence-corrected chi connectivity index (χ1v) is 9.74. The van der Waals surface area contributed by atoms with E-state index in [9.17, 15) is 18.5 Å². The molecule has 0 aliphatic rings. The predicted molar refractivity (Wildman–Crippen MR) is 103 cm³/mol. The van der Waals surface area contributed by atoms with Crippen LogP contribution in [0.15, 0.2) is 52.7 Å². The second-order valence-electron chi connectivity index (χ2n) is 5.58. The van der Waals surface area contributed by atoms with Gasteiger partial charge in [-0.25, -0.2) is 8.42 Å². The Hall–Kier alpha value is -2.85. The number of benzene rings is 1. The number of sulfonamides is 1. The molecule has 0 unspecified atom stereocenters. The van der Waals surface area contributed by atoms with Crippen LogP contribution in [-0.4, -0.2) is 41.4 Å². The lowest BCUT2D eigenvalue weighted by Gasteiger charge is -2.20. The molecule has 0 radical (unpaired) electrons. The summed E-state index contributed by atoms with van der Waals surface area (Å²) in [6.07, 6.45) is 3.26. The van der Waals surface area contributed by atoms with E-state index >= 15 is 0 Å². The molecule has 144 valence electrons. The lowest BCUT2D eigenvalue weighted by Crippen LogP contribution is -2.31. The standard InChI is InChI=1S/C17H21N5O4S/c1-4-21(5-2)27(25,26)17-11-15(22(23)24)8-9-16(17)20-19-13(3)14-7-6-10-18-12-14/h6-12,20H,4-5H2,1-3H3. The molecule has 0 atom stereocenters. The van der Waals surface area contributed by atoms with Crippen LogP contribution < -0.4 is 5.43 Å². The van der Waals surface area contributed by atoms with Crippen LogP contribution in [0.5, 0.6) is 0 Å². The van der Waals surface area contributed by atoms with Gasteiger partial charge in [0.1, 0.15) is 4.90 Å². The third-order valence-electron chi connectivity index (χ3n) is 3.92. The lowest BCUT2D eigenvalue weighted by molar-refractivity contribution is -0.385. The molecule has 9 nitrogen and oxygen atoms in total. The van der Waals surface area contributed by atoms with Crippen molar-refractivity contribution >= 4 is 27.1 Å². The highest BCUT2D eigenvalue weighted by molar-refractivity contribution is 7.89. The highest BCUT2D eigenvalue weighted by atomic mass is 32.2. The van der Waals surface area contributed by atoms with Crippen molar-refractivity contribution in [2.45, 2.75) is 25.7 Å². The van der Waals surface area contributed by atoms with Gasteiger partial charge < -0.3 is 0 Å². The summed E-state index contributed by atoms with van der Waals surface area (Å²) in [4.78, 5) is 14.3. The number of nitro benzene ring substituents is 1. The van der Waals surface area contributed by atoms with Gasteiger partial charge >= 0.3 is 0 Å². The molecule has 1 aromatic carbocycles. The first-order chi connectivity index (χ1) is 12.8. The van der Waals surface area contributed by atoms with Crippen LogP contribution in [0.1, 0.15) is 26.3 Å². The monoisotopic (exact) mass is 391 g/mol. The summed E-state index contributed by atoms with van der Waals surface area (Å²) in [7, 11) is -3.92. The quantitative estimate of drug-likeness (QED) is 0.420. The van der Waals surface area contributed by atoms with Crippen LogP contribution >= 0.6 is 0 Å². The Labute approximate surface area is 157 Å². The van der Waals surface area contributed by atoms with Crippen molar-refractivity contribution in [3.8, 4) is 0 Å². The maximum atomic E-state index is 12.9. The Bertz CT molecular complexity index is 941. The molecule has 0 fully saturated rings. The van der Waals surface area contributed by atoms with Crippen LogP contribution in [0.2, 0.25) is 0 Å². The predicted octanol–water partition coefficient (Wildman–Crippen LogP) is 2.86. The topological polar surface area (TPSA) is 118 Å². The fourth-order valence-corrected chi connectivity index (χ4v) is 4.04. The summed E-state index contributed by atoms with van der Waals surface area (Å²) in [5.41, 5.74) is 3.93. The number of nitrogens with zero attached hydrogens (tertiary/aromatic N) is 4. The maximum Gasteiger partial charge on any atom is 0.270 e. The van der Waals surface area contributed by atoms with Crippen molar-refractivity contribution in [3.05, 3.63) is 58.4 Å². The van der Waals surface area contributed by atoms with Crippen molar-refractivity contribution in [2.75, 3.05) is 18.5 Å². The molecule has 2 aromatic rings. The zero-order valence-electron chi connectivity index (χ0n) is 15.3. The number of rotatable bonds is 8. The minimum atomic E-state index is -3.92. The van der Waals surface area contributed by atoms with E-state index in [0.29, 0.717) is 5.71 Å². The number of hydrogen-bond donors (Lipinski definition) is 1. The zero-order valence-corrected chi connectivity index (χ0v) is 16.1. The van der Waals surface area contributed by atoms with Gasteiger partial charge in [0.2, 0.25) is 10.0 Å². The van der Waals surface area contributed by atoms with E-state index in [-0.39, 0.29) is 29.4 Å². The molecule has 1 aromatic heterocycles. The largest absolute Gasteiger partial charge is 0.277 e. The van der Waals surface area contributed by atoms with E-state index in [0.717, 1.165) is 11.6 Å². The minimum absolute atomic E-state index is 0.163. The molecular formula is C17H21N5O4S. The number of nitrogens with one attached hydrogen (secondary N) is 1. The minimum Gasteiger partial charge on any atom is -0.277 e. The van der Waals surface area contributed by atoms with Crippen LogP contribution in [0.25, 0.3) is 0 Å². The van der Waals surface area contributed by atoms with Crippen molar-refractivity contribution in [1.82, 2.24) is 9.29 Å². The lowest BCUT2D eigenvalue weighted by atomic mass is 10.2. The van der Waals surface area contributed by atoms with E-state index in [2.05, 4.69) is 15.5 Å². The third kappa shape index (κ3) is 4.66. The Balaban J connectivity index is 2.49. The van der Waals surface area contributed by atoms with Gasteiger partial charge in [0.15, 0.2) is 0 Å². The fraction of sp³-hybridized carbons (Fsp3) is 0.294.